The lowest BCUT2D eigenvalue weighted by Gasteiger charge is -2.36. The molecule has 1 aliphatic rings. The summed E-state index contributed by atoms with van der Waals surface area (Å²) in [6, 6.07) is 8.38. The molecule has 1 aromatic carbocycles. The van der Waals surface area contributed by atoms with Gasteiger partial charge in [0.2, 0.25) is 0 Å². The first-order valence-corrected chi connectivity index (χ1v) is 11.7. The number of ether oxygens (including phenoxy) is 1. The van der Waals surface area contributed by atoms with E-state index in [2.05, 4.69) is 43.8 Å². The van der Waals surface area contributed by atoms with Crippen molar-refractivity contribution in [2.45, 2.75) is 19.3 Å². The molecule has 0 aliphatic carbocycles. The number of methoxy groups -OCH3 is 1. The number of piperazine rings is 1. The Kier molecular flexibility index (Phi) is 11.0. The van der Waals surface area contributed by atoms with Crippen LogP contribution in [0, 0.1) is 0 Å². The monoisotopic (exact) mass is 407 g/mol. The fraction of sp³-hybridized carbons (Fsp3) is 0.667. The molecule has 0 spiro atoms. The van der Waals surface area contributed by atoms with E-state index in [4.69, 9.17) is 4.74 Å². The summed E-state index contributed by atoms with van der Waals surface area (Å²) in [5.41, 5.74) is 1.29. The number of rotatable bonds is 11. The number of unbranched alkanes of at least 4 members (excludes halogenated alkanes) is 1. The molecular weight excluding hydrogens is 370 g/mol. The summed E-state index contributed by atoms with van der Waals surface area (Å²) < 4.78 is 5.24. The van der Waals surface area contributed by atoms with Crippen LogP contribution in [0.3, 0.4) is 0 Å². The van der Waals surface area contributed by atoms with Crippen LogP contribution in [0.2, 0.25) is 0 Å². The molecule has 0 atom stereocenters. The number of guanidine groups is 1. The number of nitrogens with zero attached hydrogens (tertiary/aromatic N) is 3. The third kappa shape index (κ3) is 8.19. The summed E-state index contributed by atoms with van der Waals surface area (Å²) in [7, 11) is 3.55. The largest absolute Gasteiger partial charge is 0.497 e. The number of nitrogens with one attached hydrogen (secondary N) is 2. The van der Waals surface area contributed by atoms with Gasteiger partial charge in [-0.3, -0.25) is 9.89 Å². The van der Waals surface area contributed by atoms with Crippen LogP contribution in [0.4, 0.5) is 5.69 Å². The predicted molar refractivity (Wildman–Crippen MR) is 123 cm³/mol. The van der Waals surface area contributed by atoms with Crippen molar-refractivity contribution < 1.29 is 4.74 Å². The maximum atomic E-state index is 5.24. The first kappa shape index (κ1) is 22.7. The molecule has 2 N–H and O–H groups in total. The highest BCUT2D eigenvalue weighted by Gasteiger charge is 2.16. The Morgan fingerprint density at radius 2 is 1.71 bits per heavy atom. The smallest absolute Gasteiger partial charge is 0.190 e. The van der Waals surface area contributed by atoms with Crippen molar-refractivity contribution in [2.24, 2.45) is 4.99 Å². The zero-order valence-electron chi connectivity index (χ0n) is 17.7. The lowest BCUT2D eigenvalue weighted by molar-refractivity contribution is 0.255. The first-order chi connectivity index (χ1) is 13.8. The van der Waals surface area contributed by atoms with E-state index >= 15 is 0 Å². The van der Waals surface area contributed by atoms with Crippen LogP contribution in [-0.2, 0) is 0 Å². The van der Waals surface area contributed by atoms with Gasteiger partial charge in [0.05, 0.1) is 7.11 Å². The maximum Gasteiger partial charge on any atom is 0.190 e. The third-order valence-corrected chi connectivity index (χ3v) is 5.74. The fourth-order valence-electron chi connectivity index (χ4n) is 3.33. The van der Waals surface area contributed by atoms with Gasteiger partial charge in [0.15, 0.2) is 5.96 Å². The molecular formula is C21H37N5OS. The Labute approximate surface area is 175 Å². The Hall–Kier alpha value is -1.60. The van der Waals surface area contributed by atoms with E-state index in [-0.39, 0.29) is 0 Å². The van der Waals surface area contributed by atoms with E-state index in [1.165, 1.54) is 24.3 Å². The number of anilines is 1. The molecule has 0 bridgehead atoms. The molecule has 1 fully saturated rings. The van der Waals surface area contributed by atoms with E-state index in [9.17, 15) is 0 Å². The van der Waals surface area contributed by atoms with Crippen molar-refractivity contribution in [1.29, 1.82) is 0 Å². The summed E-state index contributed by atoms with van der Waals surface area (Å²) in [5.74, 6) is 3.08. The van der Waals surface area contributed by atoms with Gasteiger partial charge in [-0.2, -0.15) is 11.8 Å². The molecule has 1 aliphatic heterocycles. The number of benzene rings is 1. The van der Waals surface area contributed by atoms with Crippen LogP contribution < -0.4 is 20.3 Å². The second-order valence-electron chi connectivity index (χ2n) is 7.01. The van der Waals surface area contributed by atoms with Crippen molar-refractivity contribution in [3.8, 4) is 5.75 Å². The minimum Gasteiger partial charge on any atom is -0.497 e. The summed E-state index contributed by atoms with van der Waals surface area (Å²) in [4.78, 5) is 9.32. The molecule has 2 rings (SSSR count). The Balaban J connectivity index is 1.56. The van der Waals surface area contributed by atoms with Gasteiger partial charge >= 0.3 is 0 Å². The van der Waals surface area contributed by atoms with Crippen LogP contribution in [0.5, 0.6) is 5.75 Å². The van der Waals surface area contributed by atoms with Crippen LogP contribution in [0.15, 0.2) is 29.3 Å². The minimum atomic E-state index is 0.916. The normalized spacial score (nSPS) is 15.5. The van der Waals surface area contributed by atoms with Gasteiger partial charge in [-0.15, -0.1) is 0 Å². The molecule has 7 heteroatoms. The van der Waals surface area contributed by atoms with Gasteiger partial charge in [0.25, 0.3) is 0 Å². The molecule has 1 saturated heterocycles. The van der Waals surface area contributed by atoms with Crippen molar-refractivity contribution >= 4 is 23.4 Å². The van der Waals surface area contributed by atoms with Crippen LogP contribution in [0.25, 0.3) is 0 Å². The molecule has 0 amide bonds. The molecule has 1 heterocycles. The zero-order chi connectivity index (χ0) is 20.0. The summed E-state index contributed by atoms with van der Waals surface area (Å²) in [5, 5.41) is 6.83. The van der Waals surface area contributed by atoms with E-state index in [1.807, 2.05) is 30.9 Å². The third-order valence-electron chi connectivity index (χ3n) is 5.04. The van der Waals surface area contributed by atoms with Gasteiger partial charge in [-0.25, -0.2) is 0 Å². The SMILES string of the molecule is CN=C(NCCCCSC)NCCCN1CCN(c2ccc(OC)cc2)CC1. The quantitative estimate of drug-likeness (QED) is 0.334. The molecule has 28 heavy (non-hydrogen) atoms. The number of hydrogen-bond donors (Lipinski definition) is 2. The average molecular weight is 408 g/mol. The van der Waals surface area contributed by atoms with Crippen LogP contribution in [-0.4, -0.2) is 82.8 Å². The van der Waals surface area contributed by atoms with E-state index in [0.717, 1.165) is 63.9 Å². The van der Waals surface area contributed by atoms with Crippen molar-refractivity contribution in [3.63, 3.8) is 0 Å². The van der Waals surface area contributed by atoms with E-state index < -0.39 is 0 Å². The molecule has 0 unspecified atom stereocenters. The number of aliphatic imine (C=N–C) groups is 1. The Bertz CT molecular complexity index is 558. The fourth-order valence-corrected chi connectivity index (χ4v) is 3.82. The Morgan fingerprint density at radius 1 is 1.04 bits per heavy atom. The van der Waals surface area contributed by atoms with Gasteiger partial charge in [-0.05, 0) is 62.1 Å². The van der Waals surface area contributed by atoms with Gasteiger partial charge < -0.3 is 20.3 Å². The molecule has 6 nitrogen and oxygen atoms in total. The lowest BCUT2D eigenvalue weighted by atomic mass is 10.2. The van der Waals surface area contributed by atoms with Crippen molar-refractivity contribution in [1.82, 2.24) is 15.5 Å². The highest BCUT2D eigenvalue weighted by Crippen LogP contribution is 2.20. The first-order valence-electron chi connectivity index (χ1n) is 10.3. The molecule has 0 radical (unpaired) electrons. The van der Waals surface area contributed by atoms with E-state index in [1.54, 1.807) is 7.11 Å². The summed E-state index contributed by atoms with van der Waals surface area (Å²) >= 11 is 1.91. The summed E-state index contributed by atoms with van der Waals surface area (Å²) in [6.45, 7) is 7.49. The Morgan fingerprint density at radius 3 is 2.32 bits per heavy atom. The highest BCUT2D eigenvalue weighted by atomic mass is 32.2. The van der Waals surface area contributed by atoms with Crippen molar-refractivity contribution in [3.05, 3.63) is 24.3 Å². The maximum absolute atomic E-state index is 5.24. The molecule has 1 aromatic rings. The zero-order valence-corrected chi connectivity index (χ0v) is 18.6. The van der Waals surface area contributed by atoms with Crippen molar-refractivity contribution in [2.75, 3.05) is 76.9 Å². The number of thioether (sulfide) groups is 1. The van der Waals surface area contributed by atoms with Crippen LogP contribution in [0.1, 0.15) is 19.3 Å². The average Bonchev–Trinajstić information content (AvgIpc) is 2.75. The van der Waals surface area contributed by atoms with Gasteiger partial charge in [-0.1, -0.05) is 0 Å². The van der Waals surface area contributed by atoms with Gasteiger partial charge in [0.1, 0.15) is 5.75 Å². The minimum absolute atomic E-state index is 0.916. The molecule has 158 valence electrons. The molecule has 0 aromatic heterocycles. The van der Waals surface area contributed by atoms with Crippen LogP contribution >= 0.6 is 11.8 Å². The van der Waals surface area contributed by atoms with E-state index in [0.29, 0.717) is 0 Å². The summed E-state index contributed by atoms with van der Waals surface area (Å²) in [6.07, 6.45) is 5.75. The van der Waals surface area contributed by atoms with Gasteiger partial charge in [0, 0.05) is 52.0 Å². The second-order valence-corrected chi connectivity index (χ2v) is 7.99. The topological polar surface area (TPSA) is 52.1 Å². The lowest BCUT2D eigenvalue weighted by Crippen LogP contribution is -2.47. The number of hydrogen-bond acceptors (Lipinski definition) is 5. The highest BCUT2D eigenvalue weighted by molar-refractivity contribution is 7.98. The standard InChI is InChI=1S/C21H37N5OS/c1-22-21(23-11-4-5-18-28-3)24-12-6-13-25-14-16-26(17-15-25)19-7-9-20(27-2)10-8-19/h7-10H,4-6,11-18H2,1-3H3,(H2,22,23,24). The second kappa shape index (κ2) is 13.6. The predicted octanol–water partition coefficient (Wildman–Crippen LogP) is 2.52. The molecule has 0 saturated carbocycles.